The van der Waals surface area contributed by atoms with E-state index in [-0.39, 0.29) is 24.4 Å². The normalized spacial score (nSPS) is 16.9. The largest absolute Gasteiger partial charge is 0.496 e. The molecule has 1 atom stereocenters. The molecule has 5 nitrogen and oxygen atoms in total. The van der Waals surface area contributed by atoms with Crippen molar-refractivity contribution in [1.82, 2.24) is 15.5 Å². The van der Waals surface area contributed by atoms with Crippen LogP contribution in [0.5, 0.6) is 5.75 Å². The van der Waals surface area contributed by atoms with Gasteiger partial charge in [-0.05, 0) is 29.7 Å². The number of methoxy groups -OCH3 is 1. The molecule has 0 bridgehead atoms. The molecule has 0 saturated carbocycles. The predicted molar refractivity (Wildman–Crippen MR) is 116 cm³/mol. The number of ether oxygens (including phenoxy) is 1. The van der Waals surface area contributed by atoms with Crippen LogP contribution in [0.15, 0.2) is 48.5 Å². The van der Waals surface area contributed by atoms with Gasteiger partial charge in [-0.1, -0.05) is 48.0 Å². The summed E-state index contributed by atoms with van der Waals surface area (Å²) >= 11 is 6.37. The lowest BCUT2D eigenvalue weighted by atomic mass is 10.0. The topological polar surface area (TPSA) is 53.6 Å². The SMILES string of the molecule is COc1ccccc1CCNC(=O)CN1CCNCC1c1ccccc1Cl.Cl. The zero-order valence-corrected chi connectivity index (χ0v) is 17.6. The van der Waals surface area contributed by atoms with Crippen molar-refractivity contribution in [2.75, 3.05) is 39.8 Å². The fourth-order valence-corrected chi connectivity index (χ4v) is 3.74. The molecule has 0 radical (unpaired) electrons. The zero-order chi connectivity index (χ0) is 19.1. The van der Waals surface area contributed by atoms with Gasteiger partial charge in [-0.2, -0.15) is 0 Å². The average Bonchev–Trinajstić information content (AvgIpc) is 2.69. The number of halogens is 2. The molecule has 1 heterocycles. The minimum Gasteiger partial charge on any atom is -0.496 e. The third-order valence-electron chi connectivity index (χ3n) is 4.87. The molecule has 1 aliphatic rings. The second-order valence-corrected chi connectivity index (χ2v) is 7.03. The fourth-order valence-electron chi connectivity index (χ4n) is 3.47. The van der Waals surface area contributed by atoms with Crippen molar-refractivity contribution < 1.29 is 9.53 Å². The number of rotatable bonds is 7. The molecule has 2 N–H and O–H groups in total. The maximum absolute atomic E-state index is 12.5. The number of carbonyl (C=O) groups excluding carboxylic acids is 1. The van der Waals surface area contributed by atoms with Crippen LogP contribution in [0, 0.1) is 0 Å². The third kappa shape index (κ3) is 5.85. The highest BCUT2D eigenvalue weighted by atomic mass is 35.5. The Balaban J connectivity index is 0.00000280. The Morgan fingerprint density at radius 2 is 2.00 bits per heavy atom. The molecule has 0 spiro atoms. The summed E-state index contributed by atoms with van der Waals surface area (Å²) in [4.78, 5) is 14.7. The second kappa shape index (κ2) is 11.3. The molecule has 7 heteroatoms. The highest BCUT2D eigenvalue weighted by Crippen LogP contribution is 2.28. The average molecular weight is 424 g/mol. The molecule has 1 aliphatic heterocycles. The van der Waals surface area contributed by atoms with Crippen molar-refractivity contribution in [3.05, 3.63) is 64.7 Å². The van der Waals surface area contributed by atoms with E-state index in [0.29, 0.717) is 13.1 Å². The molecule has 1 saturated heterocycles. The van der Waals surface area contributed by atoms with Crippen LogP contribution >= 0.6 is 24.0 Å². The monoisotopic (exact) mass is 423 g/mol. The third-order valence-corrected chi connectivity index (χ3v) is 5.22. The van der Waals surface area contributed by atoms with Crippen LogP contribution < -0.4 is 15.4 Å². The first-order valence-electron chi connectivity index (χ1n) is 9.27. The molecule has 1 unspecified atom stereocenters. The number of nitrogens with one attached hydrogen (secondary N) is 2. The van der Waals surface area contributed by atoms with Crippen molar-refractivity contribution in [3.63, 3.8) is 0 Å². The quantitative estimate of drug-likeness (QED) is 0.718. The minimum absolute atomic E-state index is 0. The maximum atomic E-state index is 12.5. The van der Waals surface area contributed by atoms with E-state index in [1.54, 1.807) is 7.11 Å². The Bertz CT molecular complexity index is 773. The van der Waals surface area contributed by atoms with E-state index in [1.165, 1.54) is 0 Å². The number of benzene rings is 2. The fraction of sp³-hybridized carbons (Fsp3) is 0.381. The lowest BCUT2D eigenvalue weighted by Gasteiger charge is -2.36. The maximum Gasteiger partial charge on any atom is 0.234 e. The van der Waals surface area contributed by atoms with Gasteiger partial charge in [0.05, 0.1) is 13.7 Å². The zero-order valence-electron chi connectivity index (χ0n) is 16.0. The molecule has 152 valence electrons. The molecule has 2 aromatic rings. The lowest BCUT2D eigenvalue weighted by Crippen LogP contribution is -2.49. The smallest absolute Gasteiger partial charge is 0.234 e. The number of hydrogen-bond acceptors (Lipinski definition) is 4. The van der Waals surface area contributed by atoms with Gasteiger partial charge in [0.25, 0.3) is 0 Å². The molecular weight excluding hydrogens is 397 g/mol. The number of amides is 1. The van der Waals surface area contributed by atoms with Gasteiger partial charge in [0.15, 0.2) is 0 Å². The molecule has 1 amide bonds. The van der Waals surface area contributed by atoms with Crippen LogP contribution in [0.3, 0.4) is 0 Å². The summed E-state index contributed by atoms with van der Waals surface area (Å²) in [5, 5.41) is 7.17. The Labute approximate surface area is 177 Å². The van der Waals surface area contributed by atoms with Gasteiger partial charge in [0.1, 0.15) is 5.75 Å². The number of para-hydroxylation sites is 1. The molecule has 0 aliphatic carbocycles. The Kier molecular flexibility index (Phi) is 9.06. The summed E-state index contributed by atoms with van der Waals surface area (Å²) in [6, 6.07) is 15.8. The Morgan fingerprint density at radius 1 is 1.25 bits per heavy atom. The number of nitrogens with zero attached hydrogens (tertiary/aromatic N) is 1. The predicted octanol–water partition coefficient (Wildman–Crippen LogP) is 3.08. The molecule has 3 rings (SSSR count). The van der Waals surface area contributed by atoms with Gasteiger partial charge in [-0.15, -0.1) is 12.4 Å². The summed E-state index contributed by atoms with van der Waals surface area (Å²) in [5.74, 6) is 0.886. The van der Waals surface area contributed by atoms with E-state index < -0.39 is 0 Å². The van der Waals surface area contributed by atoms with Crippen molar-refractivity contribution in [2.24, 2.45) is 0 Å². The Morgan fingerprint density at radius 3 is 2.79 bits per heavy atom. The minimum atomic E-state index is 0. The van der Waals surface area contributed by atoms with Crippen molar-refractivity contribution in [3.8, 4) is 5.75 Å². The molecule has 28 heavy (non-hydrogen) atoms. The number of hydrogen-bond donors (Lipinski definition) is 2. The van der Waals surface area contributed by atoms with Crippen molar-refractivity contribution in [2.45, 2.75) is 12.5 Å². The first-order chi connectivity index (χ1) is 13.2. The van der Waals surface area contributed by atoms with Crippen LogP contribution in [0.2, 0.25) is 5.02 Å². The lowest BCUT2D eigenvalue weighted by molar-refractivity contribution is -0.123. The molecule has 0 aromatic heterocycles. The summed E-state index contributed by atoms with van der Waals surface area (Å²) in [5.41, 5.74) is 2.16. The number of piperazine rings is 1. The van der Waals surface area contributed by atoms with Gasteiger partial charge in [-0.25, -0.2) is 0 Å². The van der Waals surface area contributed by atoms with Crippen LogP contribution in [0.4, 0.5) is 0 Å². The van der Waals surface area contributed by atoms with Crippen molar-refractivity contribution >= 4 is 29.9 Å². The first kappa shape index (κ1) is 22.5. The van der Waals surface area contributed by atoms with E-state index in [2.05, 4.69) is 15.5 Å². The van der Waals surface area contributed by atoms with Gasteiger partial charge in [-0.3, -0.25) is 9.69 Å². The van der Waals surface area contributed by atoms with Gasteiger partial charge in [0, 0.05) is 37.2 Å². The van der Waals surface area contributed by atoms with E-state index in [1.807, 2.05) is 48.5 Å². The molecule has 1 fully saturated rings. The summed E-state index contributed by atoms with van der Waals surface area (Å²) in [6.07, 6.45) is 0.741. The van der Waals surface area contributed by atoms with Crippen LogP contribution in [-0.2, 0) is 11.2 Å². The van der Waals surface area contributed by atoms with E-state index in [0.717, 1.165) is 48.0 Å². The molecular formula is C21H27Cl2N3O2. The Hall–Kier alpha value is -1.79. The van der Waals surface area contributed by atoms with E-state index >= 15 is 0 Å². The number of carbonyl (C=O) groups is 1. The van der Waals surface area contributed by atoms with Crippen LogP contribution in [-0.4, -0.2) is 50.6 Å². The van der Waals surface area contributed by atoms with Crippen LogP contribution in [0.25, 0.3) is 0 Å². The van der Waals surface area contributed by atoms with Crippen LogP contribution in [0.1, 0.15) is 17.2 Å². The van der Waals surface area contributed by atoms with Crippen molar-refractivity contribution in [1.29, 1.82) is 0 Å². The van der Waals surface area contributed by atoms with Gasteiger partial charge < -0.3 is 15.4 Å². The standard InChI is InChI=1S/C21H26ClN3O2.ClH/c1-27-20-9-5-2-6-16(20)10-11-24-21(26)15-25-13-12-23-14-19(25)17-7-3-4-8-18(17)22;/h2-9,19,23H,10-15H2,1H3,(H,24,26);1H. The first-order valence-corrected chi connectivity index (χ1v) is 9.64. The molecule has 2 aromatic carbocycles. The summed E-state index contributed by atoms with van der Waals surface area (Å²) in [7, 11) is 1.66. The van der Waals surface area contributed by atoms with Gasteiger partial charge >= 0.3 is 0 Å². The summed E-state index contributed by atoms with van der Waals surface area (Å²) in [6.45, 7) is 3.43. The van der Waals surface area contributed by atoms with E-state index in [9.17, 15) is 4.79 Å². The van der Waals surface area contributed by atoms with Gasteiger partial charge in [0.2, 0.25) is 5.91 Å². The highest BCUT2D eigenvalue weighted by molar-refractivity contribution is 6.31. The second-order valence-electron chi connectivity index (χ2n) is 6.62. The summed E-state index contributed by atoms with van der Waals surface area (Å²) < 4.78 is 5.36. The van der Waals surface area contributed by atoms with E-state index in [4.69, 9.17) is 16.3 Å². The highest BCUT2D eigenvalue weighted by Gasteiger charge is 2.26.